The van der Waals surface area contributed by atoms with Gasteiger partial charge in [0, 0.05) is 13.1 Å². The lowest BCUT2D eigenvalue weighted by molar-refractivity contribution is -0.144. The zero-order valence-corrected chi connectivity index (χ0v) is 11.7. The third-order valence-electron chi connectivity index (χ3n) is 2.92. The van der Waals surface area contributed by atoms with E-state index < -0.39 is 21.9 Å². The Labute approximate surface area is 115 Å². The number of carbonyl (C=O) groups excluding carboxylic acids is 1. The van der Waals surface area contributed by atoms with Crippen LogP contribution >= 0.6 is 11.6 Å². The molecule has 0 radical (unpaired) electrons. The smallest absolute Gasteiger partial charge is 0.310 e. The zero-order chi connectivity index (χ0) is 14.0. The first-order valence-electron chi connectivity index (χ1n) is 5.50. The highest BCUT2D eigenvalue weighted by atomic mass is 35.5. The summed E-state index contributed by atoms with van der Waals surface area (Å²) >= 11 is 5.51. The van der Waals surface area contributed by atoms with Crippen molar-refractivity contribution < 1.29 is 17.9 Å². The first-order valence-corrected chi connectivity index (χ1v) is 7.32. The molecule has 0 amide bonds. The molecule has 9 heteroatoms. The van der Waals surface area contributed by atoms with Crippen LogP contribution in [0.4, 0.5) is 0 Å². The van der Waals surface area contributed by atoms with Crippen molar-refractivity contribution in [2.75, 3.05) is 20.2 Å². The van der Waals surface area contributed by atoms with Gasteiger partial charge in [0.25, 0.3) is 0 Å². The minimum Gasteiger partial charge on any atom is -0.469 e. The van der Waals surface area contributed by atoms with Gasteiger partial charge in [0.05, 0.1) is 25.4 Å². The SMILES string of the molecule is COC(=O)C1CCN(S(=O)(=O)c2cnc(Cl)nc2)C1. The van der Waals surface area contributed by atoms with Gasteiger partial charge in [-0.15, -0.1) is 0 Å². The molecule has 2 heterocycles. The average molecular weight is 306 g/mol. The van der Waals surface area contributed by atoms with Crippen LogP contribution in [-0.4, -0.2) is 48.9 Å². The first kappa shape index (κ1) is 14.2. The number of aromatic nitrogens is 2. The van der Waals surface area contributed by atoms with E-state index >= 15 is 0 Å². The van der Waals surface area contributed by atoms with E-state index in [1.54, 1.807) is 0 Å². The van der Waals surface area contributed by atoms with E-state index in [0.29, 0.717) is 6.42 Å². The van der Waals surface area contributed by atoms with Gasteiger partial charge in [-0.2, -0.15) is 4.31 Å². The number of carbonyl (C=O) groups is 1. The number of nitrogens with zero attached hydrogens (tertiary/aromatic N) is 3. The van der Waals surface area contributed by atoms with Gasteiger partial charge < -0.3 is 4.74 Å². The van der Waals surface area contributed by atoms with Crippen molar-refractivity contribution in [2.24, 2.45) is 5.92 Å². The molecule has 0 bridgehead atoms. The number of esters is 1. The highest BCUT2D eigenvalue weighted by Gasteiger charge is 2.36. The second-order valence-corrected chi connectivity index (χ2v) is 6.34. The van der Waals surface area contributed by atoms with Gasteiger partial charge in [-0.3, -0.25) is 4.79 Å². The van der Waals surface area contributed by atoms with Crippen LogP contribution in [0.5, 0.6) is 0 Å². The minimum absolute atomic E-state index is 0.0205. The molecule has 7 nitrogen and oxygen atoms in total. The van der Waals surface area contributed by atoms with Crippen molar-refractivity contribution in [2.45, 2.75) is 11.3 Å². The Morgan fingerprint density at radius 1 is 1.47 bits per heavy atom. The summed E-state index contributed by atoms with van der Waals surface area (Å²) in [6.07, 6.45) is 2.74. The van der Waals surface area contributed by atoms with Crippen LogP contribution in [0, 0.1) is 5.92 Å². The van der Waals surface area contributed by atoms with E-state index in [0.717, 1.165) is 12.4 Å². The van der Waals surface area contributed by atoms with Crippen LogP contribution in [0.15, 0.2) is 17.3 Å². The van der Waals surface area contributed by atoms with Crippen LogP contribution in [0.25, 0.3) is 0 Å². The second-order valence-electron chi connectivity index (χ2n) is 4.06. The summed E-state index contributed by atoms with van der Waals surface area (Å²) in [7, 11) is -2.40. The summed E-state index contributed by atoms with van der Waals surface area (Å²) in [5.41, 5.74) is 0. The van der Waals surface area contributed by atoms with Gasteiger partial charge >= 0.3 is 5.97 Å². The van der Waals surface area contributed by atoms with Crippen molar-refractivity contribution >= 4 is 27.6 Å². The molecule has 104 valence electrons. The average Bonchev–Trinajstić information content (AvgIpc) is 2.88. The van der Waals surface area contributed by atoms with Crippen molar-refractivity contribution in [3.63, 3.8) is 0 Å². The Morgan fingerprint density at radius 3 is 2.68 bits per heavy atom. The number of rotatable bonds is 3. The van der Waals surface area contributed by atoms with Gasteiger partial charge in [0.1, 0.15) is 4.90 Å². The molecule has 1 aromatic rings. The molecule has 0 N–H and O–H groups in total. The van der Waals surface area contributed by atoms with E-state index in [1.807, 2.05) is 0 Å². The summed E-state index contributed by atoms with van der Waals surface area (Å²) in [6, 6.07) is 0. The van der Waals surface area contributed by atoms with Crippen molar-refractivity contribution in [1.82, 2.24) is 14.3 Å². The summed E-state index contributed by atoms with van der Waals surface area (Å²) in [5.74, 6) is -0.821. The van der Waals surface area contributed by atoms with Crippen LogP contribution in [0.2, 0.25) is 5.28 Å². The number of ether oxygens (including phenoxy) is 1. The summed E-state index contributed by atoms with van der Waals surface area (Å²) in [6.45, 7) is 0.377. The van der Waals surface area contributed by atoms with Crippen LogP contribution in [0.3, 0.4) is 0 Å². The molecular formula is C10H12ClN3O4S. The highest BCUT2D eigenvalue weighted by Crippen LogP contribution is 2.24. The standard InChI is InChI=1S/C10H12ClN3O4S/c1-18-9(15)7-2-3-14(6-7)19(16,17)8-4-12-10(11)13-5-8/h4-5,7H,2-3,6H2,1H3. The third kappa shape index (κ3) is 2.85. The second kappa shape index (κ2) is 5.40. The maximum absolute atomic E-state index is 12.3. The first-order chi connectivity index (χ1) is 8.95. The zero-order valence-electron chi connectivity index (χ0n) is 10.1. The fraction of sp³-hybridized carbons (Fsp3) is 0.500. The Hall–Kier alpha value is -1.25. The predicted octanol–water partition coefficient (Wildman–Crippen LogP) is 0.314. The molecule has 1 atom stereocenters. The highest BCUT2D eigenvalue weighted by molar-refractivity contribution is 7.89. The van der Waals surface area contributed by atoms with E-state index in [9.17, 15) is 13.2 Å². The summed E-state index contributed by atoms with van der Waals surface area (Å²) in [5, 5.41) is -0.0205. The number of halogens is 1. The normalized spacial score (nSPS) is 20.4. The Balaban J connectivity index is 2.18. The lowest BCUT2D eigenvalue weighted by Gasteiger charge is -2.15. The molecule has 2 rings (SSSR count). The molecule has 1 fully saturated rings. The fourth-order valence-electron chi connectivity index (χ4n) is 1.89. The maximum Gasteiger partial charge on any atom is 0.310 e. The molecule has 0 aliphatic carbocycles. The topological polar surface area (TPSA) is 89.5 Å². The Bertz CT molecular complexity index is 575. The largest absolute Gasteiger partial charge is 0.469 e. The predicted molar refractivity (Wildman–Crippen MR) is 65.9 cm³/mol. The Kier molecular flexibility index (Phi) is 4.02. The molecular weight excluding hydrogens is 294 g/mol. The number of methoxy groups -OCH3 is 1. The summed E-state index contributed by atoms with van der Waals surface area (Å²) in [4.78, 5) is 18.6. The monoisotopic (exact) mass is 305 g/mol. The molecule has 1 unspecified atom stereocenters. The van der Waals surface area contributed by atoms with Gasteiger partial charge in [0.15, 0.2) is 0 Å². The van der Waals surface area contributed by atoms with Crippen molar-refractivity contribution in [3.05, 3.63) is 17.7 Å². The molecule has 19 heavy (non-hydrogen) atoms. The molecule has 1 saturated heterocycles. The quantitative estimate of drug-likeness (QED) is 0.590. The van der Waals surface area contributed by atoms with Gasteiger partial charge in [-0.1, -0.05) is 0 Å². The molecule has 0 aromatic carbocycles. The van der Waals surface area contributed by atoms with E-state index in [-0.39, 0.29) is 23.3 Å². The third-order valence-corrected chi connectivity index (χ3v) is 4.93. The van der Waals surface area contributed by atoms with E-state index in [4.69, 9.17) is 11.6 Å². The fourth-order valence-corrected chi connectivity index (χ4v) is 3.38. The lowest BCUT2D eigenvalue weighted by atomic mass is 10.1. The molecule has 0 spiro atoms. The molecule has 1 aromatic heterocycles. The molecule has 1 aliphatic rings. The van der Waals surface area contributed by atoms with E-state index in [1.165, 1.54) is 11.4 Å². The number of sulfonamides is 1. The lowest BCUT2D eigenvalue weighted by Crippen LogP contribution is -2.30. The van der Waals surface area contributed by atoms with E-state index in [2.05, 4.69) is 14.7 Å². The Morgan fingerprint density at radius 2 is 2.11 bits per heavy atom. The van der Waals surface area contributed by atoms with Gasteiger partial charge in [-0.25, -0.2) is 18.4 Å². The van der Waals surface area contributed by atoms with Crippen LogP contribution in [-0.2, 0) is 19.6 Å². The molecule has 1 aliphatic heterocycles. The van der Waals surface area contributed by atoms with Crippen molar-refractivity contribution in [1.29, 1.82) is 0 Å². The van der Waals surface area contributed by atoms with Gasteiger partial charge in [-0.05, 0) is 18.0 Å². The summed E-state index contributed by atoms with van der Waals surface area (Å²) < 4.78 is 30.3. The number of hydrogen-bond acceptors (Lipinski definition) is 6. The maximum atomic E-state index is 12.3. The van der Waals surface area contributed by atoms with Gasteiger partial charge in [0.2, 0.25) is 15.3 Å². The van der Waals surface area contributed by atoms with Crippen molar-refractivity contribution in [3.8, 4) is 0 Å². The molecule has 0 saturated carbocycles. The van der Waals surface area contributed by atoms with Crippen LogP contribution in [0.1, 0.15) is 6.42 Å². The minimum atomic E-state index is -3.69. The number of hydrogen-bond donors (Lipinski definition) is 0. The van der Waals surface area contributed by atoms with Crippen LogP contribution < -0.4 is 0 Å².